The number of likely N-dealkylation sites (N-methyl/N-ethyl adjacent to an activating group) is 1. The van der Waals surface area contributed by atoms with Gasteiger partial charge in [0.05, 0.1) is 25.0 Å². The topological polar surface area (TPSA) is 77.1 Å². The van der Waals surface area contributed by atoms with E-state index in [9.17, 15) is 4.79 Å². The maximum absolute atomic E-state index is 13.9. The number of hydrogen-bond acceptors (Lipinski definition) is 7. The summed E-state index contributed by atoms with van der Waals surface area (Å²) in [6.07, 6.45) is 4.95. The summed E-state index contributed by atoms with van der Waals surface area (Å²) in [5, 5.41) is 3.36. The summed E-state index contributed by atoms with van der Waals surface area (Å²) in [4.78, 5) is 32.0. The molecular weight excluding hydrogens is 490 g/mol. The van der Waals surface area contributed by atoms with E-state index in [0.717, 1.165) is 84.9 Å². The molecule has 1 N–H and O–H groups in total. The average Bonchev–Trinajstić information content (AvgIpc) is 2.90. The number of ether oxygens (including phenoxy) is 1. The number of carbonyl (C=O) groups excluding carboxylic acids is 1. The van der Waals surface area contributed by atoms with Crippen LogP contribution in [0.5, 0.6) is 5.75 Å². The monoisotopic (exact) mass is 527 g/mol. The first kappa shape index (κ1) is 25.4. The third-order valence-electron chi connectivity index (χ3n) is 8.28. The number of urea groups is 1. The Morgan fingerprint density at radius 2 is 1.77 bits per heavy atom. The van der Waals surface area contributed by atoms with Crippen molar-refractivity contribution in [2.75, 3.05) is 60.4 Å². The molecule has 6 rings (SSSR count). The fourth-order valence-corrected chi connectivity index (χ4v) is 5.78. The quantitative estimate of drug-likeness (QED) is 0.478. The predicted molar refractivity (Wildman–Crippen MR) is 156 cm³/mol. The number of aromatic nitrogens is 2. The second-order valence-corrected chi connectivity index (χ2v) is 10.9. The Bertz CT molecular complexity index is 1360. The van der Waals surface area contributed by atoms with Crippen LogP contribution in [0.15, 0.2) is 42.6 Å². The van der Waals surface area contributed by atoms with Crippen molar-refractivity contribution in [3.63, 3.8) is 0 Å². The summed E-state index contributed by atoms with van der Waals surface area (Å²) in [6.45, 7) is 8.64. The first-order chi connectivity index (χ1) is 18.9. The van der Waals surface area contributed by atoms with E-state index in [1.807, 2.05) is 28.1 Å². The van der Waals surface area contributed by atoms with Crippen LogP contribution in [-0.2, 0) is 6.54 Å². The van der Waals surface area contributed by atoms with Crippen molar-refractivity contribution >= 4 is 34.9 Å². The second kappa shape index (κ2) is 10.4. The van der Waals surface area contributed by atoms with Crippen LogP contribution in [0.3, 0.4) is 0 Å². The third-order valence-corrected chi connectivity index (χ3v) is 8.28. The molecule has 0 radical (unpaired) electrons. The van der Waals surface area contributed by atoms with Gasteiger partial charge in [0, 0.05) is 55.7 Å². The van der Waals surface area contributed by atoms with Gasteiger partial charge < -0.3 is 19.9 Å². The van der Waals surface area contributed by atoms with Gasteiger partial charge in [-0.15, -0.1) is 0 Å². The molecule has 0 spiro atoms. The highest BCUT2D eigenvalue weighted by molar-refractivity contribution is 6.06. The molecule has 39 heavy (non-hydrogen) atoms. The number of carbonyl (C=O) groups is 1. The largest absolute Gasteiger partial charge is 0.494 e. The number of aryl methyl sites for hydroxylation is 2. The zero-order valence-corrected chi connectivity index (χ0v) is 23.3. The highest BCUT2D eigenvalue weighted by Gasteiger charge is 2.40. The van der Waals surface area contributed by atoms with E-state index in [0.29, 0.717) is 18.3 Å². The van der Waals surface area contributed by atoms with Crippen molar-refractivity contribution in [3.8, 4) is 5.75 Å². The number of hydrogen-bond donors (Lipinski definition) is 1. The smallest absolute Gasteiger partial charge is 0.330 e. The lowest BCUT2D eigenvalue weighted by Crippen LogP contribution is -2.54. The summed E-state index contributed by atoms with van der Waals surface area (Å²) in [5.41, 5.74) is 6.05. The highest BCUT2D eigenvalue weighted by atomic mass is 16.5. The number of amides is 2. The molecule has 0 bridgehead atoms. The Hall–Kier alpha value is -3.85. The molecule has 0 unspecified atom stereocenters. The normalized spacial score (nSPS) is 18.2. The van der Waals surface area contributed by atoms with Crippen LogP contribution in [-0.4, -0.2) is 67.3 Å². The fourth-order valence-electron chi connectivity index (χ4n) is 5.78. The van der Waals surface area contributed by atoms with Gasteiger partial charge in [-0.25, -0.2) is 9.78 Å². The second-order valence-electron chi connectivity index (χ2n) is 10.9. The van der Waals surface area contributed by atoms with E-state index in [2.05, 4.69) is 65.3 Å². The van der Waals surface area contributed by atoms with Gasteiger partial charge in [-0.05, 0) is 63.4 Å². The summed E-state index contributed by atoms with van der Waals surface area (Å²) in [7, 11) is 3.84. The standard InChI is InChI=1S/C30H37N7O2/c1-20-7-5-8-21(2)27(20)36-19-22-18-31-29(33-28(22)37(30(36)38)23-9-6-10-23)32-25-12-11-24(17-26(25)39-4)35-15-13-34(3)14-16-35/h5,7-8,11-12,17-18,23H,6,9-10,13-16,19H2,1-4H3,(H,31,32,33). The van der Waals surface area contributed by atoms with Gasteiger partial charge in [0.1, 0.15) is 11.6 Å². The number of rotatable bonds is 6. The molecule has 2 aromatic carbocycles. The van der Waals surface area contributed by atoms with Crippen LogP contribution >= 0.6 is 0 Å². The van der Waals surface area contributed by atoms with Crippen molar-refractivity contribution in [1.82, 2.24) is 14.9 Å². The molecule has 1 aromatic heterocycles. The van der Waals surface area contributed by atoms with Crippen LogP contribution in [0.25, 0.3) is 0 Å². The maximum Gasteiger partial charge on any atom is 0.330 e. The molecule has 3 aromatic rings. The zero-order valence-electron chi connectivity index (χ0n) is 23.3. The lowest BCUT2D eigenvalue weighted by atomic mass is 9.90. The Labute approximate surface area is 230 Å². The molecule has 1 aliphatic carbocycles. The predicted octanol–water partition coefficient (Wildman–Crippen LogP) is 5.10. The number of piperazine rings is 1. The summed E-state index contributed by atoms with van der Waals surface area (Å²) < 4.78 is 5.74. The molecule has 3 heterocycles. The molecule has 2 amide bonds. The van der Waals surface area contributed by atoms with Gasteiger partial charge >= 0.3 is 6.03 Å². The van der Waals surface area contributed by atoms with Gasteiger partial charge in [0.15, 0.2) is 0 Å². The van der Waals surface area contributed by atoms with Crippen LogP contribution in [0.1, 0.15) is 36.0 Å². The molecule has 1 saturated carbocycles. The van der Waals surface area contributed by atoms with E-state index in [1.165, 1.54) is 0 Å². The van der Waals surface area contributed by atoms with Crippen LogP contribution in [0.2, 0.25) is 0 Å². The van der Waals surface area contributed by atoms with Crippen molar-refractivity contribution in [3.05, 3.63) is 59.3 Å². The van der Waals surface area contributed by atoms with Gasteiger partial charge in [0.25, 0.3) is 0 Å². The number of methoxy groups -OCH3 is 1. The van der Waals surface area contributed by atoms with E-state index in [-0.39, 0.29) is 12.1 Å². The first-order valence-corrected chi connectivity index (χ1v) is 13.8. The fraction of sp³-hybridized carbons (Fsp3) is 0.433. The van der Waals surface area contributed by atoms with Crippen LogP contribution in [0.4, 0.5) is 33.6 Å². The van der Waals surface area contributed by atoms with E-state index < -0.39 is 0 Å². The van der Waals surface area contributed by atoms with E-state index >= 15 is 0 Å². The number of fused-ring (bicyclic) bond motifs is 1. The van der Waals surface area contributed by atoms with Crippen molar-refractivity contribution in [1.29, 1.82) is 0 Å². The van der Waals surface area contributed by atoms with Gasteiger partial charge in [-0.2, -0.15) is 4.98 Å². The lowest BCUT2D eigenvalue weighted by Gasteiger charge is -2.44. The Kier molecular flexibility index (Phi) is 6.76. The highest BCUT2D eigenvalue weighted by Crippen LogP contribution is 2.39. The molecule has 2 fully saturated rings. The summed E-state index contributed by atoms with van der Waals surface area (Å²) in [5.74, 6) is 1.90. The minimum atomic E-state index is -0.0108. The maximum atomic E-state index is 13.9. The first-order valence-electron chi connectivity index (χ1n) is 13.8. The molecule has 204 valence electrons. The Balaban J connectivity index is 1.30. The molecule has 1 saturated heterocycles. The number of benzene rings is 2. The molecule has 3 aliphatic rings. The molecule has 2 aliphatic heterocycles. The number of para-hydroxylation sites is 1. The van der Waals surface area contributed by atoms with E-state index in [1.54, 1.807) is 7.11 Å². The number of anilines is 5. The van der Waals surface area contributed by atoms with Gasteiger partial charge in [0.2, 0.25) is 5.95 Å². The third kappa shape index (κ3) is 4.76. The van der Waals surface area contributed by atoms with E-state index in [4.69, 9.17) is 9.72 Å². The van der Waals surface area contributed by atoms with Gasteiger partial charge in [-0.3, -0.25) is 9.80 Å². The SMILES string of the molecule is COc1cc(N2CCN(C)CC2)ccc1Nc1ncc2c(n1)N(C1CCC1)C(=O)N(c1c(C)cccc1C)C2. The summed E-state index contributed by atoms with van der Waals surface area (Å²) >= 11 is 0. The molecule has 9 heteroatoms. The van der Waals surface area contributed by atoms with Crippen LogP contribution in [0, 0.1) is 13.8 Å². The molecule has 9 nitrogen and oxygen atoms in total. The minimum absolute atomic E-state index is 0.0108. The molecule has 0 atom stereocenters. The summed E-state index contributed by atoms with van der Waals surface area (Å²) in [6, 6.07) is 12.5. The number of nitrogens with one attached hydrogen (secondary N) is 1. The number of nitrogens with zero attached hydrogens (tertiary/aromatic N) is 6. The van der Waals surface area contributed by atoms with Crippen molar-refractivity contribution in [2.45, 2.75) is 45.7 Å². The zero-order chi connectivity index (χ0) is 27.1. The lowest BCUT2D eigenvalue weighted by molar-refractivity contribution is 0.242. The van der Waals surface area contributed by atoms with Crippen molar-refractivity contribution < 1.29 is 9.53 Å². The Morgan fingerprint density at radius 1 is 1.03 bits per heavy atom. The Morgan fingerprint density at radius 3 is 2.44 bits per heavy atom. The minimum Gasteiger partial charge on any atom is -0.494 e. The molecular formula is C30H37N7O2. The van der Waals surface area contributed by atoms with Gasteiger partial charge in [-0.1, -0.05) is 18.2 Å². The van der Waals surface area contributed by atoms with Crippen molar-refractivity contribution in [2.24, 2.45) is 0 Å². The van der Waals surface area contributed by atoms with Crippen LogP contribution < -0.4 is 24.8 Å². The average molecular weight is 528 g/mol.